The van der Waals surface area contributed by atoms with Gasteiger partial charge in [-0.3, -0.25) is 19.2 Å². The molecule has 0 aromatic heterocycles. The van der Waals surface area contributed by atoms with Crippen LogP contribution in [0.15, 0.2) is 30.3 Å². The molecule has 1 saturated heterocycles. The van der Waals surface area contributed by atoms with E-state index >= 15 is 0 Å². The second-order valence-corrected chi connectivity index (χ2v) is 11.9. The van der Waals surface area contributed by atoms with Gasteiger partial charge in [0.05, 0.1) is 12.8 Å². The van der Waals surface area contributed by atoms with Gasteiger partial charge in [-0.1, -0.05) is 51.1 Å². The lowest BCUT2D eigenvalue weighted by Gasteiger charge is -2.28. The van der Waals surface area contributed by atoms with Crippen molar-refractivity contribution in [1.82, 2.24) is 25.6 Å². The van der Waals surface area contributed by atoms with E-state index in [4.69, 9.17) is 0 Å². The van der Waals surface area contributed by atoms with E-state index in [1.807, 2.05) is 44.2 Å². The van der Waals surface area contributed by atoms with Gasteiger partial charge in [-0.05, 0) is 31.2 Å². The number of benzene rings is 1. The van der Waals surface area contributed by atoms with Crippen molar-refractivity contribution in [3.63, 3.8) is 0 Å². The van der Waals surface area contributed by atoms with Crippen LogP contribution in [0.2, 0.25) is 0 Å². The Hall–Kier alpha value is -2.99. The fourth-order valence-electron chi connectivity index (χ4n) is 3.99. The minimum Gasteiger partial charge on any atom is -0.350 e. The van der Waals surface area contributed by atoms with Crippen LogP contribution in [0.25, 0.3) is 0 Å². The quantitative estimate of drug-likeness (QED) is 0.398. The van der Waals surface area contributed by atoms with Crippen LogP contribution in [0.4, 0.5) is 0 Å². The summed E-state index contributed by atoms with van der Waals surface area (Å²) in [6.45, 7) is 6.39. The number of hydrogen-bond acceptors (Lipinski definition) is 6. The lowest BCUT2D eigenvalue weighted by Crippen LogP contribution is -2.57. The third-order valence-electron chi connectivity index (χ3n) is 6.08. The molecule has 11 nitrogen and oxygen atoms in total. The maximum absolute atomic E-state index is 13.4. The van der Waals surface area contributed by atoms with Crippen molar-refractivity contribution < 1.29 is 27.6 Å². The summed E-state index contributed by atoms with van der Waals surface area (Å²) in [5.74, 6) is -2.21. The first kappa shape index (κ1) is 30.2. The van der Waals surface area contributed by atoms with Crippen molar-refractivity contribution in [2.75, 3.05) is 19.3 Å². The molecule has 0 bridgehead atoms. The van der Waals surface area contributed by atoms with Crippen molar-refractivity contribution in [2.45, 2.75) is 71.1 Å². The smallest absolute Gasteiger partial charge is 0.243 e. The molecule has 12 heteroatoms. The Labute approximate surface area is 219 Å². The fourth-order valence-corrected chi connectivity index (χ4v) is 4.79. The second kappa shape index (κ2) is 13.5. The highest BCUT2D eigenvalue weighted by Crippen LogP contribution is 2.10. The highest BCUT2D eigenvalue weighted by atomic mass is 32.2. The molecule has 2 rings (SSSR count). The Balaban J connectivity index is 2.46. The van der Waals surface area contributed by atoms with Gasteiger partial charge in [0.1, 0.15) is 18.1 Å². The van der Waals surface area contributed by atoms with Gasteiger partial charge in [-0.25, -0.2) is 8.42 Å². The van der Waals surface area contributed by atoms with Crippen LogP contribution in [0, 0.1) is 5.92 Å². The topological polar surface area (TPSA) is 154 Å². The molecule has 1 aromatic carbocycles. The second-order valence-electron chi connectivity index (χ2n) is 9.90. The summed E-state index contributed by atoms with van der Waals surface area (Å²) in [4.78, 5) is 52.1. The van der Waals surface area contributed by atoms with Crippen LogP contribution in [-0.4, -0.2) is 79.9 Å². The molecular formula is C25H39N5O6S. The zero-order valence-corrected chi connectivity index (χ0v) is 22.9. The predicted molar refractivity (Wildman–Crippen MR) is 140 cm³/mol. The van der Waals surface area contributed by atoms with E-state index in [2.05, 4.69) is 21.3 Å². The Kier molecular flexibility index (Phi) is 11.1. The van der Waals surface area contributed by atoms with Crippen LogP contribution < -0.4 is 21.3 Å². The maximum atomic E-state index is 13.4. The molecule has 0 saturated carbocycles. The van der Waals surface area contributed by atoms with Crippen LogP contribution in [0.1, 0.15) is 46.1 Å². The summed E-state index contributed by atoms with van der Waals surface area (Å²) in [6, 6.07) is 5.65. The van der Waals surface area contributed by atoms with E-state index in [0.717, 1.165) is 16.1 Å². The molecule has 37 heavy (non-hydrogen) atoms. The van der Waals surface area contributed by atoms with E-state index in [-0.39, 0.29) is 18.9 Å². The number of nitrogens with one attached hydrogen (secondary N) is 4. The van der Waals surface area contributed by atoms with E-state index in [1.54, 1.807) is 6.92 Å². The Morgan fingerprint density at radius 1 is 0.919 bits per heavy atom. The molecule has 4 atom stereocenters. The minimum atomic E-state index is -3.80. The van der Waals surface area contributed by atoms with Crippen LogP contribution in [0.3, 0.4) is 0 Å². The van der Waals surface area contributed by atoms with Crippen molar-refractivity contribution in [3.8, 4) is 0 Å². The zero-order valence-electron chi connectivity index (χ0n) is 22.1. The van der Waals surface area contributed by atoms with Gasteiger partial charge in [-0.2, -0.15) is 4.31 Å². The number of carbonyl (C=O) groups excluding carboxylic acids is 4. The van der Waals surface area contributed by atoms with E-state index in [1.165, 1.54) is 6.92 Å². The van der Waals surface area contributed by atoms with Gasteiger partial charge in [0.2, 0.25) is 33.7 Å². The molecular weight excluding hydrogens is 498 g/mol. The standard InChI is InChI=1S/C25H39N5O6S/c1-6-19-14-30(37(5,35)36)15-22(31)26-17(4)23(32)28-20(12-16(2)3)25(34)29-21(24(33)27-19)13-18-10-8-7-9-11-18/h7-11,16-17,19-21H,6,12-15H2,1-5H3,(H,26,31)(H,27,33)(H,28,32)(H,29,34)/t17-,19+,20+,21+/m1/s1. The number of amides is 4. The monoisotopic (exact) mass is 537 g/mol. The fraction of sp³-hybridized carbons (Fsp3) is 0.600. The molecule has 0 unspecified atom stereocenters. The third kappa shape index (κ3) is 9.77. The summed E-state index contributed by atoms with van der Waals surface area (Å²) in [5.41, 5.74) is 0.819. The molecule has 4 amide bonds. The SMILES string of the molecule is CC[C@H]1CN(S(C)(=O)=O)CC(=O)N[C@H](C)C(=O)N[C@@H](CC(C)C)C(=O)N[C@@H](Cc2ccccc2)C(=O)N1. The Morgan fingerprint density at radius 3 is 2.08 bits per heavy atom. The van der Waals surface area contributed by atoms with E-state index in [0.29, 0.717) is 12.8 Å². The molecule has 0 spiro atoms. The van der Waals surface area contributed by atoms with Crippen molar-refractivity contribution in [3.05, 3.63) is 35.9 Å². The largest absolute Gasteiger partial charge is 0.350 e. The molecule has 1 heterocycles. The lowest BCUT2D eigenvalue weighted by atomic mass is 10.0. The first-order chi connectivity index (χ1) is 17.3. The predicted octanol–water partition coefficient (Wildman–Crippen LogP) is -0.0805. The third-order valence-corrected chi connectivity index (χ3v) is 7.29. The molecule has 1 aromatic rings. The average Bonchev–Trinajstić information content (AvgIpc) is 2.81. The summed E-state index contributed by atoms with van der Waals surface area (Å²) >= 11 is 0. The van der Waals surface area contributed by atoms with Gasteiger partial charge in [0.15, 0.2) is 0 Å². The van der Waals surface area contributed by atoms with Crippen LogP contribution in [0.5, 0.6) is 0 Å². The molecule has 0 radical (unpaired) electrons. The van der Waals surface area contributed by atoms with Crippen LogP contribution in [-0.2, 0) is 35.6 Å². The van der Waals surface area contributed by atoms with Crippen LogP contribution >= 0.6 is 0 Å². The molecule has 1 aliphatic heterocycles. The average molecular weight is 538 g/mol. The zero-order chi connectivity index (χ0) is 27.8. The molecule has 0 aliphatic carbocycles. The summed E-state index contributed by atoms with van der Waals surface area (Å²) in [5, 5.41) is 10.8. The lowest BCUT2D eigenvalue weighted by molar-refractivity contribution is -0.133. The maximum Gasteiger partial charge on any atom is 0.243 e. The molecule has 4 N–H and O–H groups in total. The van der Waals surface area contributed by atoms with Gasteiger partial charge in [0.25, 0.3) is 0 Å². The Bertz CT molecular complexity index is 1060. The highest BCUT2D eigenvalue weighted by molar-refractivity contribution is 7.88. The Morgan fingerprint density at radius 2 is 1.51 bits per heavy atom. The number of hydrogen-bond donors (Lipinski definition) is 4. The first-order valence-corrected chi connectivity index (χ1v) is 14.3. The number of rotatable bonds is 6. The van der Waals surface area contributed by atoms with Gasteiger partial charge in [-0.15, -0.1) is 0 Å². The van der Waals surface area contributed by atoms with Gasteiger partial charge < -0.3 is 21.3 Å². The summed E-state index contributed by atoms with van der Waals surface area (Å²) in [6.07, 6.45) is 1.88. The molecule has 1 aliphatic rings. The summed E-state index contributed by atoms with van der Waals surface area (Å²) < 4.78 is 25.8. The number of carbonyl (C=O) groups is 4. The number of nitrogens with zero attached hydrogens (tertiary/aromatic N) is 1. The first-order valence-electron chi connectivity index (χ1n) is 12.5. The molecule has 206 valence electrons. The van der Waals surface area contributed by atoms with E-state index < -0.39 is 64.4 Å². The minimum absolute atomic E-state index is 0.0530. The highest BCUT2D eigenvalue weighted by Gasteiger charge is 2.32. The summed E-state index contributed by atoms with van der Waals surface area (Å²) in [7, 11) is -3.80. The van der Waals surface area contributed by atoms with Crippen molar-refractivity contribution >= 4 is 33.7 Å². The van der Waals surface area contributed by atoms with Gasteiger partial charge in [0, 0.05) is 19.0 Å². The van der Waals surface area contributed by atoms with Crippen molar-refractivity contribution in [1.29, 1.82) is 0 Å². The van der Waals surface area contributed by atoms with E-state index in [9.17, 15) is 27.6 Å². The van der Waals surface area contributed by atoms with Crippen molar-refractivity contribution in [2.24, 2.45) is 5.92 Å². The van der Waals surface area contributed by atoms with Gasteiger partial charge >= 0.3 is 0 Å². The number of sulfonamides is 1. The normalized spacial score (nSPS) is 25.4. The molecule has 1 fully saturated rings.